The fraction of sp³-hybridized carbons (Fsp3) is 0.625. The SMILES string of the molecule is CCNC(CCN1CCSC(C)C1)c1ccccc1Br. The summed E-state index contributed by atoms with van der Waals surface area (Å²) in [7, 11) is 0. The van der Waals surface area contributed by atoms with Gasteiger partial charge in [0.25, 0.3) is 0 Å². The Balaban J connectivity index is 1.94. The fourth-order valence-electron chi connectivity index (χ4n) is 2.78. The van der Waals surface area contributed by atoms with Gasteiger partial charge >= 0.3 is 0 Å². The van der Waals surface area contributed by atoms with E-state index in [4.69, 9.17) is 0 Å². The fourth-order valence-corrected chi connectivity index (χ4v) is 4.42. The molecule has 4 heteroatoms. The number of thioether (sulfide) groups is 1. The molecule has 1 fully saturated rings. The summed E-state index contributed by atoms with van der Waals surface area (Å²) in [6.45, 7) is 9.20. The maximum Gasteiger partial charge on any atom is 0.0343 e. The van der Waals surface area contributed by atoms with Gasteiger partial charge in [-0.2, -0.15) is 11.8 Å². The molecule has 1 N–H and O–H groups in total. The van der Waals surface area contributed by atoms with Crippen LogP contribution in [0.5, 0.6) is 0 Å². The smallest absolute Gasteiger partial charge is 0.0343 e. The molecule has 112 valence electrons. The van der Waals surface area contributed by atoms with Crippen molar-refractivity contribution in [3.05, 3.63) is 34.3 Å². The van der Waals surface area contributed by atoms with Crippen LogP contribution in [0.25, 0.3) is 0 Å². The molecule has 0 radical (unpaired) electrons. The van der Waals surface area contributed by atoms with Crippen molar-refractivity contribution in [1.29, 1.82) is 0 Å². The van der Waals surface area contributed by atoms with Gasteiger partial charge in [0.1, 0.15) is 0 Å². The van der Waals surface area contributed by atoms with Crippen molar-refractivity contribution in [3.8, 4) is 0 Å². The normalized spacial score (nSPS) is 21.9. The first-order valence-electron chi connectivity index (χ1n) is 7.52. The van der Waals surface area contributed by atoms with Crippen molar-refractivity contribution < 1.29 is 0 Å². The molecule has 1 aromatic rings. The molecule has 20 heavy (non-hydrogen) atoms. The molecule has 0 amide bonds. The van der Waals surface area contributed by atoms with Crippen LogP contribution in [-0.2, 0) is 0 Å². The number of halogens is 1. The van der Waals surface area contributed by atoms with Crippen LogP contribution in [0.2, 0.25) is 0 Å². The Bertz CT molecular complexity index is 413. The zero-order valence-electron chi connectivity index (χ0n) is 12.4. The summed E-state index contributed by atoms with van der Waals surface area (Å²) >= 11 is 5.79. The molecule has 2 atom stereocenters. The highest BCUT2D eigenvalue weighted by atomic mass is 79.9. The van der Waals surface area contributed by atoms with Crippen molar-refractivity contribution in [2.75, 3.05) is 31.9 Å². The minimum Gasteiger partial charge on any atom is -0.310 e. The van der Waals surface area contributed by atoms with E-state index < -0.39 is 0 Å². The highest BCUT2D eigenvalue weighted by molar-refractivity contribution is 9.10. The molecule has 0 saturated carbocycles. The van der Waals surface area contributed by atoms with Crippen molar-refractivity contribution >= 4 is 27.7 Å². The number of benzene rings is 1. The monoisotopic (exact) mass is 356 g/mol. The first kappa shape index (κ1) is 16.3. The number of rotatable bonds is 6. The molecular weight excluding hydrogens is 332 g/mol. The van der Waals surface area contributed by atoms with Crippen LogP contribution in [0.3, 0.4) is 0 Å². The van der Waals surface area contributed by atoms with Crippen LogP contribution in [0.1, 0.15) is 31.9 Å². The van der Waals surface area contributed by atoms with Gasteiger partial charge in [0.05, 0.1) is 0 Å². The van der Waals surface area contributed by atoms with Crippen molar-refractivity contribution in [2.45, 2.75) is 31.6 Å². The molecule has 2 nitrogen and oxygen atoms in total. The average molecular weight is 357 g/mol. The Morgan fingerprint density at radius 3 is 2.95 bits per heavy atom. The van der Waals surface area contributed by atoms with Gasteiger partial charge in [-0.3, -0.25) is 0 Å². The Morgan fingerprint density at radius 1 is 1.45 bits per heavy atom. The summed E-state index contributed by atoms with van der Waals surface area (Å²) in [6, 6.07) is 9.02. The number of hydrogen-bond acceptors (Lipinski definition) is 3. The number of hydrogen-bond donors (Lipinski definition) is 1. The van der Waals surface area contributed by atoms with E-state index in [1.807, 2.05) is 0 Å². The lowest BCUT2D eigenvalue weighted by atomic mass is 10.0. The third-order valence-corrected chi connectivity index (χ3v) is 5.65. The van der Waals surface area contributed by atoms with E-state index in [1.165, 1.54) is 41.8 Å². The highest BCUT2D eigenvalue weighted by Crippen LogP contribution is 2.26. The lowest BCUT2D eigenvalue weighted by Gasteiger charge is -2.32. The summed E-state index contributed by atoms with van der Waals surface area (Å²) in [5.41, 5.74) is 1.38. The van der Waals surface area contributed by atoms with Gasteiger partial charge in [-0.1, -0.05) is 48.0 Å². The molecule has 0 spiro atoms. The molecular formula is C16H25BrN2S. The standard InChI is InChI=1S/C16H25BrN2S/c1-3-18-16(14-6-4-5-7-15(14)17)8-9-19-10-11-20-13(2)12-19/h4-7,13,16,18H,3,8-12H2,1-2H3. The predicted molar refractivity (Wildman–Crippen MR) is 93.5 cm³/mol. The largest absolute Gasteiger partial charge is 0.310 e. The van der Waals surface area contributed by atoms with E-state index in [9.17, 15) is 0 Å². The maximum absolute atomic E-state index is 3.69. The molecule has 2 unspecified atom stereocenters. The predicted octanol–water partition coefficient (Wildman–Crippen LogP) is 3.93. The van der Waals surface area contributed by atoms with Crippen LogP contribution in [0, 0.1) is 0 Å². The molecule has 1 aliphatic heterocycles. The lowest BCUT2D eigenvalue weighted by Crippen LogP contribution is -2.38. The van der Waals surface area contributed by atoms with Gasteiger partial charge in [0.15, 0.2) is 0 Å². The maximum atomic E-state index is 3.69. The molecule has 1 saturated heterocycles. The average Bonchev–Trinajstić information content (AvgIpc) is 2.44. The second-order valence-corrected chi connectivity index (χ2v) is 7.80. The quantitative estimate of drug-likeness (QED) is 0.831. The van der Waals surface area contributed by atoms with Crippen LogP contribution in [0.4, 0.5) is 0 Å². The van der Waals surface area contributed by atoms with Gasteiger partial charge in [0.2, 0.25) is 0 Å². The summed E-state index contributed by atoms with van der Waals surface area (Å²) in [6.07, 6.45) is 1.17. The third kappa shape index (κ3) is 4.76. The second kappa shape index (κ2) is 8.42. The molecule has 1 aliphatic rings. The molecule has 0 bridgehead atoms. The number of nitrogens with one attached hydrogen (secondary N) is 1. The van der Waals surface area contributed by atoms with E-state index in [-0.39, 0.29) is 0 Å². The topological polar surface area (TPSA) is 15.3 Å². The summed E-state index contributed by atoms with van der Waals surface area (Å²) in [5.74, 6) is 1.28. The highest BCUT2D eigenvalue weighted by Gasteiger charge is 2.19. The van der Waals surface area contributed by atoms with Gasteiger partial charge in [-0.25, -0.2) is 0 Å². The van der Waals surface area contributed by atoms with E-state index in [1.54, 1.807) is 0 Å². The van der Waals surface area contributed by atoms with Crippen LogP contribution in [-0.4, -0.2) is 42.1 Å². The van der Waals surface area contributed by atoms with Gasteiger partial charge in [0, 0.05) is 41.2 Å². The Labute approximate surface area is 135 Å². The van der Waals surface area contributed by atoms with Crippen molar-refractivity contribution in [1.82, 2.24) is 10.2 Å². The van der Waals surface area contributed by atoms with Gasteiger partial charge in [-0.05, 0) is 24.6 Å². The van der Waals surface area contributed by atoms with E-state index >= 15 is 0 Å². The van der Waals surface area contributed by atoms with Crippen LogP contribution < -0.4 is 5.32 Å². The van der Waals surface area contributed by atoms with E-state index in [0.29, 0.717) is 6.04 Å². The second-order valence-electron chi connectivity index (χ2n) is 5.40. The van der Waals surface area contributed by atoms with Crippen molar-refractivity contribution in [2.24, 2.45) is 0 Å². The molecule has 1 heterocycles. The zero-order chi connectivity index (χ0) is 14.4. The first-order chi connectivity index (χ1) is 9.70. The first-order valence-corrected chi connectivity index (χ1v) is 9.36. The van der Waals surface area contributed by atoms with Crippen LogP contribution in [0.15, 0.2) is 28.7 Å². The molecule has 0 aliphatic carbocycles. The lowest BCUT2D eigenvalue weighted by molar-refractivity contribution is 0.268. The molecule has 0 aromatic heterocycles. The number of nitrogens with zero attached hydrogens (tertiary/aromatic N) is 1. The minimum atomic E-state index is 0.445. The zero-order valence-corrected chi connectivity index (χ0v) is 14.8. The Hall–Kier alpha value is -0.0300. The Kier molecular flexibility index (Phi) is 6.88. The van der Waals surface area contributed by atoms with Gasteiger partial charge < -0.3 is 10.2 Å². The third-order valence-electron chi connectivity index (χ3n) is 3.79. The summed E-state index contributed by atoms with van der Waals surface area (Å²) < 4.78 is 1.22. The molecule has 1 aromatic carbocycles. The summed E-state index contributed by atoms with van der Waals surface area (Å²) in [4.78, 5) is 2.61. The van der Waals surface area contributed by atoms with Crippen molar-refractivity contribution in [3.63, 3.8) is 0 Å². The Morgan fingerprint density at radius 2 is 2.25 bits per heavy atom. The van der Waals surface area contributed by atoms with Crippen LogP contribution >= 0.6 is 27.7 Å². The van der Waals surface area contributed by atoms with E-state index in [2.05, 4.69) is 76.0 Å². The molecule has 2 rings (SSSR count). The van der Waals surface area contributed by atoms with E-state index in [0.717, 1.165) is 11.8 Å². The minimum absolute atomic E-state index is 0.445. The van der Waals surface area contributed by atoms with Gasteiger partial charge in [-0.15, -0.1) is 0 Å². The summed E-state index contributed by atoms with van der Waals surface area (Å²) in [5, 5.41) is 4.41.